The van der Waals surface area contributed by atoms with Gasteiger partial charge in [0.15, 0.2) is 0 Å². The maximum Gasteiger partial charge on any atom is 0.242 e. The van der Waals surface area contributed by atoms with Crippen molar-refractivity contribution >= 4 is 15.7 Å². The Bertz CT molecular complexity index is 557. The van der Waals surface area contributed by atoms with E-state index < -0.39 is 10.0 Å². The predicted molar refractivity (Wildman–Crippen MR) is 86.9 cm³/mol. The molecule has 1 aromatic carbocycles. The number of hydrogen-bond acceptors (Lipinski definition) is 3. The summed E-state index contributed by atoms with van der Waals surface area (Å²) >= 11 is 0. The number of para-hydroxylation sites is 1. The van der Waals surface area contributed by atoms with Crippen molar-refractivity contribution in [1.29, 1.82) is 0 Å². The first-order valence-corrected chi connectivity index (χ1v) is 9.35. The van der Waals surface area contributed by atoms with Crippen LogP contribution in [-0.2, 0) is 10.0 Å². The zero-order valence-electron chi connectivity index (χ0n) is 12.9. The predicted octanol–water partition coefficient (Wildman–Crippen LogP) is 3.22. The number of hydrogen-bond donors (Lipinski definition) is 2. The number of anilines is 1. The molecule has 2 N–H and O–H groups in total. The van der Waals surface area contributed by atoms with Gasteiger partial charge in [-0.2, -0.15) is 0 Å². The third-order valence-electron chi connectivity index (χ3n) is 4.37. The van der Waals surface area contributed by atoms with Gasteiger partial charge in [0.1, 0.15) is 4.90 Å². The Balaban J connectivity index is 2.08. The van der Waals surface area contributed by atoms with Crippen LogP contribution in [0.4, 0.5) is 5.69 Å². The first-order chi connectivity index (χ1) is 10.0. The fourth-order valence-electron chi connectivity index (χ4n) is 3.03. The lowest BCUT2D eigenvalue weighted by Crippen LogP contribution is -2.33. The Morgan fingerprint density at radius 3 is 2.62 bits per heavy atom. The number of benzene rings is 1. The Morgan fingerprint density at radius 2 is 1.90 bits per heavy atom. The van der Waals surface area contributed by atoms with E-state index in [0.717, 1.165) is 6.42 Å². The minimum atomic E-state index is -3.45. The summed E-state index contributed by atoms with van der Waals surface area (Å²) in [6, 6.07) is 7.07. The van der Waals surface area contributed by atoms with Crippen LogP contribution in [-0.4, -0.2) is 21.5 Å². The highest BCUT2D eigenvalue weighted by atomic mass is 32.2. The minimum absolute atomic E-state index is 0.343. The number of rotatable bonds is 6. The molecule has 1 aliphatic rings. The first-order valence-electron chi connectivity index (χ1n) is 7.87. The molecule has 0 radical (unpaired) electrons. The third kappa shape index (κ3) is 4.20. The highest BCUT2D eigenvalue weighted by molar-refractivity contribution is 7.89. The molecule has 2 rings (SSSR count). The van der Waals surface area contributed by atoms with Gasteiger partial charge in [0, 0.05) is 13.1 Å². The fraction of sp³-hybridized carbons (Fsp3) is 0.625. The van der Waals surface area contributed by atoms with Gasteiger partial charge in [-0.15, -0.1) is 0 Å². The van der Waals surface area contributed by atoms with Crippen LogP contribution < -0.4 is 10.0 Å². The molecule has 1 aliphatic carbocycles. The Hall–Kier alpha value is -1.07. The van der Waals surface area contributed by atoms with Crippen LogP contribution in [0.25, 0.3) is 0 Å². The monoisotopic (exact) mass is 310 g/mol. The van der Waals surface area contributed by atoms with Crippen LogP contribution in [0, 0.1) is 11.8 Å². The molecule has 5 heteroatoms. The van der Waals surface area contributed by atoms with Gasteiger partial charge in [-0.1, -0.05) is 38.3 Å². The SMILES string of the molecule is CCNc1ccccc1S(=O)(=O)NCC1CCCCC1C. The molecule has 0 aromatic heterocycles. The number of sulfonamides is 1. The van der Waals surface area contributed by atoms with Crippen LogP contribution in [0.3, 0.4) is 0 Å². The first kappa shape index (κ1) is 16.3. The van der Waals surface area contributed by atoms with E-state index in [0.29, 0.717) is 35.5 Å². The summed E-state index contributed by atoms with van der Waals surface area (Å²) in [5.74, 6) is 1.06. The standard InChI is InChI=1S/C16H26N2O2S/c1-3-17-15-10-6-7-11-16(15)21(19,20)18-12-14-9-5-4-8-13(14)2/h6-7,10-11,13-14,17-18H,3-5,8-9,12H2,1-2H3. The van der Waals surface area contributed by atoms with E-state index >= 15 is 0 Å². The van der Waals surface area contributed by atoms with E-state index in [1.54, 1.807) is 18.2 Å². The second-order valence-electron chi connectivity index (χ2n) is 5.90. The summed E-state index contributed by atoms with van der Waals surface area (Å²) < 4.78 is 27.9. The largest absolute Gasteiger partial charge is 0.384 e. The van der Waals surface area contributed by atoms with Crippen molar-refractivity contribution < 1.29 is 8.42 Å². The molecule has 0 spiro atoms. The Morgan fingerprint density at radius 1 is 1.19 bits per heavy atom. The molecule has 0 amide bonds. The molecule has 0 saturated heterocycles. The summed E-state index contributed by atoms with van der Waals surface area (Å²) in [5, 5.41) is 3.11. The van der Waals surface area contributed by atoms with Crippen molar-refractivity contribution in [2.75, 3.05) is 18.4 Å². The molecule has 1 fully saturated rings. The molecule has 1 aromatic rings. The summed E-state index contributed by atoms with van der Waals surface area (Å²) in [5.41, 5.74) is 0.671. The van der Waals surface area contributed by atoms with Crippen molar-refractivity contribution in [3.8, 4) is 0 Å². The van der Waals surface area contributed by atoms with E-state index in [-0.39, 0.29) is 0 Å². The highest BCUT2D eigenvalue weighted by Crippen LogP contribution is 2.29. The lowest BCUT2D eigenvalue weighted by molar-refractivity contribution is 0.257. The summed E-state index contributed by atoms with van der Waals surface area (Å²) in [6.45, 7) is 5.43. The highest BCUT2D eigenvalue weighted by Gasteiger charge is 2.24. The molecule has 2 atom stereocenters. The molecule has 0 aliphatic heterocycles. The third-order valence-corrected chi connectivity index (χ3v) is 5.85. The summed E-state index contributed by atoms with van der Waals surface area (Å²) in [7, 11) is -3.45. The Labute approximate surface area is 128 Å². The van der Waals surface area contributed by atoms with Crippen molar-refractivity contribution in [2.45, 2.75) is 44.4 Å². The molecular weight excluding hydrogens is 284 g/mol. The molecule has 4 nitrogen and oxygen atoms in total. The second-order valence-corrected chi connectivity index (χ2v) is 7.64. The maximum absolute atomic E-state index is 12.5. The quantitative estimate of drug-likeness (QED) is 0.848. The van der Waals surface area contributed by atoms with E-state index in [4.69, 9.17) is 0 Å². The number of nitrogens with one attached hydrogen (secondary N) is 2. The van der Waals surface area contributed by atoms with E-state index in [1.807, 2.05) is 13.0 Å². The average Bonchev–Trinajstić information content (AvgIpc) is 2.47. The zero-order valence-corrected chi connectivity index (χ0v) is 13.7. The van der Waals surface area contributed by atoms with E-state index in [2.05, 4.69) is 17.0 Å². The molecule has 1 saturated carbocycles. The van der Waals surface area contributed by atoms with Crippen molar-refractivity contribution in [1.82, 2.24) is 4.72 Å². The summed E-state index contributed by atoms with van der Waals surface area (Å²) in [6.07, 6.45) is 4.82. The van der Waals surface area contributed by atoms with Crippen LogP contribution in [0.5, 0.6) is 0 Å². The summed E-state index contributed by atoms with van der Waals surface area (Å²) in [4.78, 5) is 0.343. The van der Waals surface area contributed by atoms with Gasteiger partial charge in [-0.3, -0.25) is 0 Å². The minimum Gasteiger partial charge on any atom is -0.384 e. The van der Waals surface area contributed by atoms with Gasteiger partial charge in [0.2, 0.25) is 10.0 Å². The van der Waals surface area contributed by atoms with Gasteiger partial charge in [0.25, 0.3) is 0 Å². The van der Waals surface area contributed by atoms with Crippen molar-refractivity contribution in [3.63, 3.8) is 0 Å². The van der Waals surface area contributed by atoms with Crippen molar-refractivity contribution in [3.05, 3.63) is 24.3 Å². The second kappa shape index (κ2) is 7.27. The fourth-order valence-corrected chi connectivity index (χ4v) is 4.30. The van der Waals surface area contributed by atoms with Gasteiger partial charge in [-0.05, 0) is 37.3 Å². The van der Waals surface area contributed by atoms with Crippen LogP contribution in [0.1, 0.15) is 39.5 Å². The van der Waals surface area contributed by atoms with E-state index in [9.17, 15) is 8.42 Å². The zero-order chi connectivity index (χ0) is 15.3. The lowest BCUT2D eigenvalue weighted by atomic mass is 9.81. The molecule has 0 bridgehead atoms. The molecule has 21 heavy (non-hydrogen) atoms. The topological polar surface area (TPSA) is 58.2 Å². The molecule has 118 valence electrons. The molecular formula is C16H26N2O2S. The Kier molecular flexibility index (Phi) is 5.65. The van der Waals surface area contributed by atoms with Crippen LogP contribution in [0.15, 0.2) is 29.2 Å². The molecule has 0 heterocycles. The van der Waals surface area contributed by atoms with Crippen LogP contribution >= 0.6 is 0 Å². The smallest absolute Gasteiger partial charge is 0.242 e. The normalized spacial score (nSPS) is 23.0. The van der Waals surface area contributed by atoms with Crippen molar-refractivity contribution in [2.24, 2.45) is 11.8 Å². The van der Waals surface area contributed by atoms with E-state index in [1.165, 1.54) is 19.3 Å². The van der Waals surface area contributed by atoms with Gasteiger partial charge < -0.3 is 5.32 Å². The maximum atomic E-state index is 12.5. The van der Waals surface area contributed by atoms with Gasteiger partial charge in [-0.25, -0.2) is 13.1 Å². The molecule has 2 unspecified atom stereocenters. The lowest BCUT2D eigenvalue weighted by Gasteiger charge is -2.28. The van der Waals surface area contributed by atoms with Gasteiger partial charge in [0.05, 0.1) is 5.69 Å². The van der Waals surface area contributed by atoms with Crippen LogP contribution in [0.2, 0.25) is 0 Å². The average molecular weight is 310 g/mol. The van der Waals surface area contributed by atoms with Gasteiger partial charge >= 0.3 is 0 Å².